The lowest BCUT2D eigenvalue weighted by atomic mass is 10.0. The highest BCUT2D eigenvalue weighted by Gasteiger charge is 2.24. The number of hydrogen-bond acceptors (Lipinski definition) is 2. The molecule has 1 unspecified atom stereocenters. The Morgan fingerprint density at radius 3 is 2.50 bits per heavy atom. The SMILES string of the molecule is CC(=O)NCC1=C(C)/C(=C/c2ccc([S+](C)[O-])cc2)c2ccc(F)cc21. The van der Waals surface area contributed by atoms with Crippen LogP contribution in [0.3, 0.4) is 0 Å². The van der Waals surface area contributed by atoms with Gasteiger partial charge in [-0.25, -0.2) is 4.39 Å². The molecule has 1 N–H and O–H groups in total. The molecule has 0 aromatic heterocycles. The molecule has 1 amide bonds. The lowest BCUT2D eigenvalue weighted by molar-refractivity contribution is -0.118. The van der Waals surface area contributed by atoms with E-state index in [1.807, 2.05) is 37.3 Å². The largest absolute Gasteiger partial charge is 0.612 e. The molecule has 1 aliphatic rings. The van der Waals surface area contributed by atoms with Crippen LogP contribution in [0, 0.1) is 5.82 Å². The Labute approximate surface area is 155 Å². The van der Waals surface area contributed by atoms with Gasteiger partial charge in [-0.05, 0) is 94.0 Å². The Hall–Kier alpha value is -2.37. The minimum atomic E-state index is -1.01. The molecule has 2 aromatic rings. The molecule has 0 heterocycles. The van der Waals surface area contributed by atoms with Crippen molar-refractivity contribution in [3.05, 3.63) is 70.5 Å². The number of carbonyl (C=O) groups is 1. The summed E-state index contributed by atoms with van der Waals surface area (Å²) in [6.07, 6.45) is 3.69. The molecule has 0 fully saturated rings. The first-order valence-corrected chi connectivity index (χ1v) is 9.82. The van der Waals surface area contributed by atoms with E-state index in [0.29, 0.717) is 6.54 Å². The van der Waals surface area contributed by atoms with E-state index in [1.54, 1.807) is 12.3 Å². The summed E-state index contributed by atoms with van der Waals surface area (Å²) in [4.78, 5) is 12.1. The third-order valence-corrected chi connectivity index (χ3v) is 5.43. The van der Waals surface area contributed by atoms with E-state index in [1.165, 1.54) is 19.1 Å². The van der Waals surface area contributed by atoms with Gasteiger partial charge in [-0.3, -0.25) is 4.79 Å². The molecule has 5 heteroatoms. The number of allylic oxidation sites excluding steroid dienone is 2. The van der Waals surface area contributed by atoms with Gasteiger partial charge >= 0.3 is 0 Å². The highest BCUT2D eigenvalue weighted by molar-refractivity contribution is 7.90. The van der Waals surface area contributed by atoms with Crippen LogP contribution in [0.25, 0.3) is 17.2 Å². The van der Waals surface area contributed by atoms with Gasteiger partial charge in [0.1, 0.15) is 12.1 Å². The molecule has 3 rings (SSSR count). The Kier molecular flexibility index (Phi) is 5.30. The molecule has 134 valence electrons. The molecule has 0 saturated heterocycles. The lowest BCUT2D eigenvalue weighted by Gasteiger charge is -2.07. The van der Waals surface area contributed by atoms with Gasteiger partial charge in [0.05, 0.1) is 0 Å². The van der Waals surface area contributed by atoms with Gasteiger partial charge in [-0.15, -0.1) is 0 Å². The normalized spacial score (nSPS) is 16.0. The number of nitrogens with one attached hydrogen (secondary N) is 1. The zero-order valence-electron chi connectivity index (χ0n) is 14.9. The summed E-state index contributed by atoms with van der Waals surface area (Å²) in [5.41, 5.74) is 5.69. The van der Waals surface area contributed by atoms with Gasteiger partial charge in [0.15, 0.2) is 4.90 Å². The maximum Gasteiger partial charge on any atom is 0.217 e. The maximum atomic E-state index is 13.8. The van der Waals surface area contributed by atoms with E-state index < -0.39 is 11.2 Å². The Bertz CT molecular complexity index is 914. The highest BCUT2D eigenvalue weighted by atomic mass is 32.2. The van der Waals surface area contributed by atoms with Gasteiger partial charge in [0.25, 0.3) is 0 Å². The molecule has 0 spiro atoms. The average molecular weight is 369 g/mol. The van der Waals surface area contributed by atoms with Crippen LogP contribution in [0.2, 0.25) is 0 Å². The van der Waals surface area contributed by atoms with Gasteiger partial charge in [0.2, 0.25) is 5.91 Å². The fourth-order valence-corrected chi connectivity index (χ4v) is 3.64. The second-order valence-corrected chi connectivity index (χ2v) is 7.66. The van der Waals surface area contributed by atoms with Crippen molar-refractivity contribution in [1.82, 2.24) is 5.32 Å². The minimum Gasteiger partial charge on any atom is -0.612 e. The van der Waals surface area contributed by atoms with E-state index in [4.69, 9.17) is 0 Å². The average Bonchev–Trinajstić information content (AvgIpc) is 2.84. The highest BCUT2D eigenvalue weighted by Crippen LogP contribution is 2.42. The summed E-state index contributed by atoms with van der Waals surface area (Å²) in [6.45, 7) is 3.81. The van der Waals surface area contributed by atoms with Gasteiger partial charge in [-0.2, -0.15) is 0 Å². The van der Waals surface area contributed by atoms with Crippen LogP contribution in [0.5, 0.6) is 0 Å². The Morgan fingerprint density at radius 1 is 1.19 bits per heavy atom. The van der Waals surface area contributed by atoms with Crippen molar-refractivity contribution in [2.45, 2.75) is 18.7 Å². The van der Waals surface area contributed by atoms with Crippen LogP contribution in [-0.4, -0.2) is 23.3 Å². The van der Waals surface area contributed by atoms with Crippen LogP contribution < -0.4 is 5.32 Å². The first-order chi connectivity index (χ1) is 12.4. The molecule has 3 nitrogen and oxygen atoms in total. The molecular formula is C21H20FNO2S. The van der Waals surface area contributed by atoms with Gasteiger partial charge in [-0.1, -0.05) is 6.07 Å². The van der Waals surface area contributed by atoms with Gasteiger partial charge in [0, 0.05) is 13.5 Å². The predicted octanol–water partition coefficient (Wildman–Crippen LogP) is 4.03. The Balaban J connectivity index is 2.04. The Morgan fingerprint density at radius 2 is 1.88 bits per heavy atom. The van der Waals surface area contributed by atoms with Crippen molar-refractivity contribution in [2.75, 3.05) is 12.8 Å². The van der Waals surface area contributed by atoms with Crippen molar-refractivity contribution in [1.29, 1.82) is 0 Å². The number of carbonyl (C=O) groups excluding carboxylic acids is 1. The van der Waals surface area contributed by atoms with Crippen molar-refractivity contribution < 1.29 is 13.7 Å². The predicted molar refractivity (Wildman–Crippen MR) is 104 cm³/mol. The summed E-state index contributed by atoms with van der Waals surface area (Å²) in [7, 11) is 0. The summed E-state index contributed by atoms with van der Waals surface area (Å²) < 4.78 is 25.3. The fraction of sp³-hybridized carbons (Fsp3) is 0.190. The summed E-state index contributed by atoms with van der Waals surface area (Å²) in [5.74, 6) is -0.420. The van der Waals surface area contributed by atoms with Crippen LogP contribution >= 0.6 is 0 Å². The quantitative estimate of drug-likeness (QED) is 0.828. The zero-order valence-corrected chi connectivity index (χ0v) is 15.7. The fourth-order valence-electron chi connectivity index (χ4n) is 3.12. The van der Waals surface area contributed by atoms with E-state index >= 15 is 0 Å². The summed E-state index contributed by atoms with van der Waals surface area (Å²) >= 11 is -1.01. The number of amides is 1. The second-order valence-electron chi connectivity index (χ2n) is 6.28. The van der Waals surface area contributed by atoms with E-state index in [2.05, 4.69) is 5.32 Å². The number of halogens is 1. The van der Waals surface area contributed by atoms with Gasteiger partial charge < -0.3 is 9.87 Å². The molecule has 0 saturated carbocycles. The van der Waals surface area contributed by atoms with Crippen LogP contribution in [0.15, 0.2) is 52.9 Å². The lowest BCUT2D eigenvalue weighted by Crippen LogP contribution is -2.21. The molecule has 26 heavy (non-hydrogen) atoms. The van der Waals surface area contributed by atoms with E-state index in [-0.39, 0.29) is 11.7 Å². The van der Waals surface area contributed by atoms with Crippen LogP contribution in [-0.2, 0) is 16.0 Å². The van der Waals surface area contributed by atoms with Crippen molar-refractivity contribution in [3.8, 4) is 0 Å². The molecule has 1 aliphatic carbocycles. The standard InChI is InChI=1S/C21H20FNO2S/c1-13-19(10-15-4-7-17(8-5-15)26(3)25)18-9-6-16(22)11-20(18)21(13)12-23-14(2)24/h4-11H,12H2,1-3H3,(H,23,24)/b19-10-. The third kappa shape index (κ3) is 3.74. The molecule has 2 aromatic carbocycles. The summed E-state index contributed by atoms with van der Waals surface area (Å²) in [6, 6.07) is 12.3. The first-order valence-electron chi connectivity index (χ1n) is 8.27. The maximum absolute atomic E-state index is 13.8. The number of rotatable bonds is 4. The van der Waals surface area contributed by atoms with Crippen LogP contribution in [0.4, 0.5) is 4.39 Å². The molecule has 0 bridgehead atoms. The second kappa shape index (κ2) is 7.48. The molecule has 1 atom stereocenters. The first kappa shape index (κ1) is 18.4. The topological polar surface area (TPSA) is 52.2 Å². The smallest absolute Gasteiger partial charge is 0.217 e. The third-order valence-electron chi connectivity index (χ3n) is 4.49. The monoisotopic (exact) mass is 369 g/mol. The van der Waals surface area contributed by atoms with Crippen molar-refractivity contribution in [3.63, 3.8) is 0 Å². The molecule has 0 aliphatic heterocycles. The molecule has 0 radical (unpaired) electrons. The van der Waals surface area contributed by atoms with Crippen molar-refractivity contribution >= 4 is 34.3 Å². The van der Waals surface area contributed by atoms with E-state index in [9.17, 15) is 13.7 Å². The van der Waals surface area contributed by atoms with Crippen molar-refractivity contribution in [2.24, 2.45) is 0 Å². The minimum absolute atomic E-state index is 0.121. The number of benzene rings is 2. The van der Waals surface area contributed by atoms with E-state index in [0.717, 1.165) is 38.3 Å². The number of fused-ring (bicyclic) bond motifs is 1. The molecular weight excluding hydrogens is 349 g/mol. The summed E-state index contributed by atoms with van der Waals surface area (Å²) in [5, 5.41) is 2.80. The zero-order chi connectivity index (χ0) is 18.8. The number of hydrogen-bond donors (Lipinski definition) is 1. The van der Waals surface area contributed by atoms with Crippen LogP contribution in [0.1, 0.15) is 30.5 Å².